The highest BCUT2D eigenvalue weighted by Gasteiger charge is 2.10. The molecule has 2 aromatic rings. The number of imide groups is 1. The van der Waals surface area contributed by atoms with Crippen LogP contribution in [-0.4, -0.2) is 21.7 Å². The van der Waals surface area contributed by atoms with Crippen LogP contribution in [0.25, 0.3) is 0 Å². The van der Waals surface area contributed by atoms with E-state index in [1.807, 2.05) is 0 Å². The third-order valence-electron chi connectivity index (χ3n) is 3.85. The number of nitrogens with zero attached hydrogens (tertiary/aromatic N) is 2. The molecule has 0 saturated carbocycles. The van der Waals surface area contributed by atoms with Gasteiger partial charge < -0.3 is 0 Å². The van der Waals surface area contributed by atoms with Crippen LogP contribution < -0.4 is 5.32 Å². The first-order valence-corrected chi connectivity index (χ1v) is 8.14. The molecule has 0 saturated heterocycles. The molecule has 0 spiro atoms. The fourth-order valence-corrected chi connectivity index (χ4v) is 2.36. The smallest absolute Gasteiger partial charge is 0.269 e. The van der Waals surface area contributed by atoms with Crippen molar-refractivity contribution in [2.45, 2.75) is 25.7 Å². The lowest BCUT2D eigenvalue weighted by Gasteiger charge is -2.05. The standard InChI is InChI=1S/C18H17N3O6/c22-17(11-5-13-1-7-15(8-2-13)20(24)25)19-18(23)12-6-14-3-9-16(10-4-14)21(26)27/h1-4,7-10H,5-6,11-12H2,(H,19,22,23). The average Bonchev–Trinajstić information content (AvgIpc) is 2.65. The van der Waals surface area contributed by atoms with Gasteiger partial charge in [-0.05, 0) is 24.0 Å². The van der Waals surface area contributed by atoms with Crippen molar-refractivity contribution in [3.05, 3.63) is 79.9 Å². The van der Waals surface area contributed by atoms with Gasteiger partial charge in [-0.3, -0.25) is 35.1 Å². The molecule has 0 aliphatic heterocycles. The molecule has 9 heteroatoms. The van der Waals surface area contributed by atoms with Crippen molar-refractivity contribution < 1.29 is 19.4 Å². The summed E-state index contributed by atoms with van der Waals surface area (Å²) >= 11 is 0. The van der Waals surface area contributed by atoms with E-state index in [0.717, 1.165) is 11.1 Å². The van der Waals surface area contributed by atoms with Gasteiger partial charge in [0, 0.05) is 37.1 Å². The van der Waals surface area contributed by atoms with Gasteiger partial charge in [0.2, 0.25) is 11.8 Å². The topological polar surface area (TPSA) is 132 Å². The quantitative estimate of drug-likeness (QED) is 0.560. The minimum Gasteiger partial charge on any atom is -0.296 e. The maximum absolute atomic E-state index is 11.8. The first-order chi connectivity index (χ1) is 12.8. The number of carbonyl (C=O) groups excluding carboxylic acids is 2. The zero-order valence-electron chi connectivity index (χ0n) is 14.3. The third-order valence-corrected chi connectivity index (χ3v) is 3.85. The van der Waals surface area contributed by atoms with E-state index in [9.17, 15) is 29.8 Å². The molecule has 0 heterocycles. The third kappa shape index (κ3) is 6.31. The van der Waals surface area contributed by atoms with Gasteiger partial charge in [-0.1, -0.05) is 24.3 Å². The first kappa shape index (κ1) is 19.7. The van der Waals surface area contributed by atoms with Gasteiger partial charge in [0.05, 0.1) is 9.85 Å². The van der Waals surface area contributed by atoms with Gasteiger partial charge in [-0.25, -0.2) is 0 Å². The summed E-state index contributed by atoms with van der Waals surface area (Å²) in [5.74, 6) is -0.857. The Kier molecular flexibility index (Phi) is 6.70. The predicted molar refractivity (Wildman–Crippen MR) is 96.0 cm³/mol. The van der Waals surface area contributed by atoms with Crippen LogP contribution in [0.15, 0.2) is 48.5 Å². The second-order valence-corrected chi connectivity index (χ2v) is 5.82. The van der Waals surface area contributed by atoms with E-state index in [0.29, 0.717) is 12.8 Å². The fraction of sp³-hybridized carbons (Fsp3) is 0.222. The number of nitrogens with one attached hydrogen (secondary N) is 1. The van der Waals surface area contributed by atoms with Crippen LogP contribution in [0, 0.1) is 20.2 Å². The highest BCUT2D eigenvalue weighted by atomic mass is 16.6. The summed E-state index contributed by atoms with van der Waals surface area (Å²) in [6.07, 6.45) is 0.890. The van der Waals surface area contributed by atoms with Gasteiger partial charge in [0.1, 0.15) is 0 Å². The molecule has 1 N–H and O–H groups in total. The maximum atomic E-state index is 11.8. The SMILES string of the molecule is O=C(CCc1ccc([N+](=O)[O-])cc1)NC(=O)CCc1ccc([N+](=O)[O-])cc1. The van der Waals surface area contributed by atoms with Crippen molar-refractivity contribution in [1.29, 1.82) is 0 Å². The van der Waals surface area contributed by atoms with Crippen molar-refractivity contribution in [3.63, 3.8) is 0 Å². The second-order valence-electron chi connectivity index (χ2n) is 5.82. The van der Waals surface area contributed by atoms with E-state index in [2.05, 4.69) is 5.32 Å². The number of nitro benzene ring substituents is 2. The molecule has 140 valence electrons. The van der Waals surface area contributed by atoms with E-state index in [1.54, 1.807) is 24.3 Å². The molecule has 0 aliphatic rings. The van der Waals surface area contributed by atoms with Crippen molar-refractivity contribution in [3.8, 4) is 0 Å². The zero-order valence-corrected chi connectivity index (χ0v) is 14.3. The van der Waals surface area contributed by atoms with E-state index in [-0.39, 0.29) is 24.2 Å². The molecule has 0 bridgehead atoms. The van der Waals surface area contributed by atoms with Crippen LogP contribution in [-0.2, 0) is 22.4 Å². The highest BCUT2D eigenvalue weighted by molar-refractivity contribution is 5.95. The van der Waals surface area contributed by atoms with Crippen molar-refractivity contribution >= 4 is 23.2 Å². The number of nitro groups is 2. The summed E-state index contributed by atoms with van der Waals surface area (Å²) in [6, 6.07) is 11.7. The molecular formula is C18H17N3O6. The van der Waals surface area contributed by atoms with Crippen LogP contribution in [0.4, 0.5) is 11.4 Å². The van der Waals surface area contributed by atoms with E-state index in [4.69, 9.17) is 0 Å². The van der Waals surface area contributed by atoms with Gasteiger partial charge >= 0.3 is 0 Å². The minimum absolute atomic E-state index is 0.0235. The van der Waals surface area contributed by atoms with Gasteiger partial charge in [-0.2, -0.15) is 0 Å². The van der Waals surface area contributed by atoms with Gasteiger partial charge in [-0.15, -0.1) is 0 Å². The van der Waals surface area contributed by atoms with Crippen LogP contribution >= 0.6 is 0 Å². The molecule has 2 amide bonds. The summed E-state index contributed by atoms with van der Waals surface area (Å²) < 4.78 is 0. The molecule has 9 nitrogen and oxygen atoms in total. The molecule has 0 aromatic heterocycles. The number of hydrogen-bond donors (Lipinski definition) is 1. The van der Waals surface area contributed by atoms with E-state index < -0.39 is 21.7 Å². The highest BCUT2D eigenvalue weighted by Crippen LogP contribution is 2.14. The van der Waals surface area contributed by atoms with Crippen LogP contribution in [0.1, 0.15) is 24.0 Å². The normalized spacial score (nSPS) is 10.2. The Labute approximate surface area is 154 Å². The van der Waals surface area contributed by atoms with E-state index >= 15 is 0 Å². The van der Waals surface area contributed by atoms with Crippen molar-refractivity contribution in [1.82, 2.24) is 5.32 Å². The molecule has 2 aromatic carbocycles. The maximum Gasteiger partial charge on any atom is 0.269 e. The lowest BCUT2D eigenvalue weighted by atomic mass is 10.1. The number of carbonyl (C=O) groups is 2. The number of amides is 2. The Bertz CT molecular complexity index is 775. The number of aryl methyl sites for hydroxylation is 2. The molecular weight excluding hydrogens is 354 g/mol. The molecule has 0 unspecified atom stereocenters. The first-order valence-electron chi connectivity index (χ1n) is 8.14. The van der Waals surface area contributed by atoms with Crippen molar-refractivity contribution in [2.75, 3.05) is 0 Å². The molecule has 0 aliphatic carbocycles. The zero-order chi connectivity index (χ0) is 19.8. The molecule has 27 heavy (non-hydrogen) atoms. The second kappa shape index (κ2) is 9.18. The van der Waals surface area contributed by atoms with Gasteiger partial charge in [0.25, 0.3) is 11.4 Å². The minimum atomic E-state index is -0.500. The predicted octanol–water partition coefficient (Wildman–Crippen LogP) is 2.71. The Hall–Kier alpha value is -3.62. The van der Waals surface area contributed by atoms with Crippen LogP contribution in [0.3, 0.4) is 0 Å². The molecule has 0 fully saturated rings. The van der Waals surface area contributed by atoms with Crippen LogP contribution in [0.2, 0.25) is 0 Å². The van der Waals surface area contributed by atoms with Crippen LogP contribution in [0.5, 0.6) is 0 Å². The number of non-ortho nitro benzene ring substituents is 2. The lowest BCUT2D eigenvalue weighted by Crippen LogP contribution is -2.30. The Morgan fingerprint density at radius 2 is 1.04 bits per heavy atom. The fourth-order valence-electron chi connectivity index (χ4n) is 2.36. The monoisotopic (exact) mass is 371 g/mol. The Morgan fingerprint density at radius 1 is 0.704 bits per heavy atom. The van der Waals surface area contributed by atoms with Gasteiger partial charge in [0.15, 0.2) is 0 Å². The Balaban J connectivity index is 1.74. The Morgan fingerprint density at radius 3 is 1.33 bits per heavy atom. The molecule has 2 rings (SSSR count). The number of hydrogen-bond acceptors (Lipinski definition) is 6. The summed E-state index contributed by atoms with van der Waals surface area (Å²) in [6.45, 7) is 0. The lowest BCUT2D eigenvalue weighted by molar-refractivity contribution is -0.385. The molecule has 0 radical (unpaired) electrons. The van der Waals surface area contributed by atoms with Crippen molar-refractivity contribution in [2.24, 2.45) is 0 Å². The van der Waals surface area contributed by atoms with E-state index in [1.165, 1.54) is 24.3 Å². The molecule has 0 atom stereocenters. The summed E-state index contributed by atoms with van der Waals surface area (Å²) in [7, 11) is 0. The summed E-state index contributed by atoms with van der Waals surface area (Å²) in [5, 5.41) is 23.5. The summed E-state index contributed by atoms with van der Waals surface area (Å²) in [4.78, 5) is 43.8. The average molecular weight is 371 g/mol. The number of rotatable bonds is 8. The number of benzene rings is 2. The largest absolute Gasteiger partial charge is 0.296 e. The summed E-state index contributed by atoms with van der Waals surface area (Å²) in [5.41, 5.74) is 1.47.